The van der Waals surface area contributed by atoms with Crippen molar-refractivity contribution in [3.8, 4) is 0 Å². The molecule has 1 rings (SSSR count). The molecule has 0 amide bonds. The summed E-state index contributed by atoms with van der Waals surface area (Å²) in [6.07, 6.45) is 3.55. The molecule has 0 spiro atoms. The van der Waals surface area contributed by atoms with E-state index in [9.17, 15) is 0 Å². The van der Waals surface area contributed by atoms with Crippen molar-refractivity contribution in [2.45, 2.75) is 34.6 Å². The Kier molecular flexibility index (Phi) is 11.9. The molecule has 102 valence electrons. The van der Waals surface area contributed by atoms with Gasteiger partial charge in [0, 0.05) is 5.69 Å². The van der Waals surface area contributed by atoms with Crippen LogP contribution in [0, 0.1) is 6.92 Å². The van der Waals surface area contributed by atoms with Gasteiger partial charge < -0.3 is 17.2 Å². The van der Waals surface area contributed by atoms with Gasteiger partial charge in [0.25, 0.3) is 0 Å². The molecule has 18 heavy (non-hydrogen) atoms. The van der Waals surface area contributed by atoms with E-state index in [4.69, 9.17) is 17.2 Å². The normalized spacial score (nSPS) is 10.7. The van der Waals surface area contributed by atoms with Crippen LogP contribution in [0.1, 0.15) is 33.3 Å². The van der Waals surface area contributed by atoms with Gasteiger partial charge in [0.1, 0.15) is 0 Å². The zero-order valence-corrected chi connectivity index (χ0v) is 12.2. The smallest absolute Gasteiger partial charge is 0.0501 e. The molecule has 0 unspecified atom stereocenters. The molecule has 0 atom stereocenters. The standard InChI is InChI=1S/C7H9N.C6H12N2.C2H6/c1-6-2-4-7(8)5-3-6;1-3-5(7)6(8)4-2;1-2/h2-5H,8H2,1H3;3-4H,7-8H2,1-2H3;1-2H3/b;5-3+,6-4+;. The lowest BCUT2D eigenvalue weighted by atomic mass is 10.2. The SMILES string of the molecule is C/C=C(N)\C(N)=C/C.CC.Cc1ccc(N)cc1. The summed E-state index contributed by atoms with van der Waals surface area (Å²) in [5, 5.41) is 0. The predicted octanol–water partition coefficient (Wildman–Crippen LogP) is 3.31. The number of allylic oxidation sites excluding steroid dienone is 2. The minimum absolute atomic E-state index is 0.646. The van der Waals surface area contributed by atoms with Gasteiger partial charge in [-0.2, -0.15) is 0 Å². The quantitative estimate of drug-likeness (QED) is 0.528. The minimum Gasteiger partial charge on any atom is -0.399 e. The lowest BCUT2D eigenvalue weighted by Crippen LogP contribution is -2.07. The van der Waals surface area contributed by atoms with E-state index in [-0.39, 0.29) is 0 Å². The van der Waals surface area contributed by atoms with E-state index in [1.54, 1.807) is 12.2 Å². The summed E-state index contributed by atoms with van der Waals surface area (Å²) in [4.78, 5) is 0. The summed E-state index contributed by atoms with van der Waals surface area (Å²) in [7, 11) is 0. The van der Waals surface area contributed by atoms with Crippen LogP contribution < -0.4 is 17.2 Å². The molecule has 0 saturated heterocycles. The van der Waals surface area contributed by atoms with Gasteiger partial charge in [-0.15, -0.1) is 0 Å². The second-order valence-corrected chi connectivity index (χ2v) is 3.40. The van der Waals surface area contributed by atoms with Gasteiger partial charge in [0.05, 0.1) is 11.4 Å². The van der Waals surface area contributed by atoms with Crippen molar-refractivity contribution < 1.29 is 0 Å². The van der Waals surface area contributed by atoms with Gasteiger partial charge in [0.15, 0.2) is 0 Å². The number of nitrogens with two attached hydrogens (primary N) is 3. The molecule has 0 saturated carbocycles. The molecule has 3 nitrogen and oxygen atoms in total. The maximum absolute atomic E-state index is 5.43. The fraction of sp³-hybridized carbons (Fsp3) is 0.333. The van der Waals surface area contributed by atoms with Gasteiger partial charge in [-0.05, 0) is 32.9 Å². The van der Waals surface area contributed by atoms with Crippen molar-refractivity contribution in [1.82, 2.24) is 0 Å². The van der Waals surface area contributed by atoms with Gasteiger partial charge in [0.2, 0.25) is 0 Å². The molecular formula is C15H27N3. The van der Waals surface area contributed by atoms with Gasteiger partial charge >= 0.3 is 0 Å². The first-order valence-corrected chi connectivity index (χ1v) is 6.17. The van der Waals surface area contributed by atoms with Gasteiger partial charge in [-0.25, -0.2) is 0 Å². The Morgan fingerprint density at radius 3 is 1.44 bits per heavy atom. The lowest BCUT2D eigenvalue weighted by Gasteiger charge is -1.96. The highest BCUT2D eigenvalue weighted by Gasteiger charge is 1.86. The van der Waals surface area contributed by atoms with Crippen LogP contribution in [0.5, 0.6) is 0 Å². The lowest BCUT2D eigenvalue weighted by molar-refractivity contribution is 1.22. The summed E-state index contributed by atoms with van der Waals surface area (Å²) in [5.41, 5.74) is 19.6. The molecule has 0 bridgehead atoms. The molecule has 0 aliphatic heterocycles. The predicted molar refractivity (Wildman–Crippen MR) is 82.8 cm³/mol. The minimum atomic E-state index is 0.646. The van der Waals surface area contributed by atoms with Crippen molar-refractivity contribution in [1.29, 1.82) is 0 Å². The molecule has 0 aliphatic rings. The average molecular weight is 249 g/mol. The van der Waals surface area contributed by atoms with Crippen molar-refractivity contribution in [2.75, 3.05) is 5.73 Å². The van der Waals surface area contributed by atoms with Crippen LogP contribution in [0.2, 0.25) is 0 Å². The molecule has 6 N–H and O–H groups in total. The summed E-state index contributed by atoms with van der Waals surface area (Å²) < 4.78 is 0. The summed E-state index contributed by atoms with van der Waals surface area (Å²) in [5.74, 6) is 0. The third-order valence-corrected chi connectivity index (χ3v) is 2.03. The molecule has 1 aromatic rings. The number of anilines is 1. The molecule has 3 heteroatoms. The molecule has 0 aromatic heterocycles. The molecule has 0 fully saturated rings. The third kappa shape index (κ3) is 9.33. The van der Waals surface area contributed by atoms with Crippen molar-refractivity contribution in [3.05, 3.63) is 53.4 Å². The van der Waals surface area contributed by atoms with E-state index in [1.165, 1.54) is 5.56 Å². The largest absolute Gasteiger partial charge is 0.399 e. The van der Waals surface area contributed by atoms with E-state index >= 15 is 0 Å². The Hall–Kier alpha value is -1.90. The van der Waals surface area contributed by atoms with E-state index in [0.717, 1.165) is 5.69 Å². The van der Waals surface area contributed by atoms with Crippen molar-refractivity contribution in [2.24, 2.45) is 11.5 Å². The van der Waals surface area contributed by atoms with Gasteiger partial charge in [-0.1, -0.05) is 43.7 Å². The van der Waals surface area contributed by atoms with Crippen LogP contribution in [-0.4, -0.2) is 0 Å². The molecule has 0 heterocycles. The van der Waals surface area contributed by atoms with Crippen LogP contribution in [0.3, 0.4) is 0 Å². The van der Waals surface area contributed by atoms with Crippen molar-refractivity contribution in [3.63, 3.8) is 0 Å². The first kappa shape index (κ1) is 18.5. The van der Waals surface area contributed by atoms with E-state index < -0.39 is 0 Å². The maximum Gasteiger partial charge on any atom is 0.0501 e. The zero-order chi connectivity index (χ0) is 14.6. The number of hydrogen-bond donors (Lipinski definition) is 3. The first-order chi connectivity index (χ1) is 8.51. The number of benzene rings is 1. The molecular weight excluding hydrogens is 222 g/mol. The third-order valence-electron chi connectivity index (χ3n) is 2.03. The second kappa shape index (κ2) is 11.6. The number of rotatable bonds is 1. The maximum atomic E-state index is 5.43. The van der Waals surface area contributed by atoms with Gasteiger partial charge in [-0.3, -0.25) is 0 Å². The summed E-state index contributed by atoms with van der Waals surface area (Å²) in [6.45, 7) is 9.75. The van der Waals surface area contributed by atoms with Crippen LogP contribution in [0.4, 0.5) is 5.69 Å². The van der Waals surface area contributed by atoms with Crippen LogP contribution in [0.15, 0.2) is 47.8 Å². The average Bonchev–Trinajstić information content (AvgIpc) is 2.43. The molecule has 0 aliphatic carbocycles. The van der Waals surface area contributed by atoms with E-state index in [2.05, 4.69) is 0 Å². The van der Waals surface area contributed by atoms with Crippen LogP contribution >= 0.6 is 0 Å². The van der Waals surface area contributed by atoms with Crippen molar-refractivity contribution >= 4 is 5.69 Å². The fourth-order valence-electron chi connectivity index (χ4n) is 0.900. The molecule has 1 aromatic carbocycles. The Labute approximate surface area is 111 Å². The second-order valence-electron chi connectivity index (χ2n) is 3.40. The Balaban J connectivity index is 0. The summed E-state index contributed by atoms with van der Waals surface area (Å²) >= 11 is 0. The highest BCUT2D eigenvalue weighted by molar-refractivity contribution is 5.38. The Morgan fingerprint density at radius 1 is 0.889 bits per heavy atom. The van der Waals surface area contributed by atoms with Crippen LogP contribution in [-0.2, 0) is 0 Å². The highest BCUT2D eigenvalue weighted by atomic mass is 14.7. The highest BCUT2D eigenvalue weighted by Crippen LogP contribution is 2.02. The Morgan fingerprint density at radius 2 is 1.22 bits per heavy atom. The number of nitrogen functional groups attached to an aromatic ring is 1. The van der Waals surface area contributed by atoms with E-state index in [0.29, 0.717) is 11.4 Å². The summed E-state index contributed by atoms with van der Waals surface area (Å²) in [6, 6.07) is 7.79. The zero-order valence-electron chi connectivity index (χ0n) is 12.2. The fourth-order valence-corrected chi connectivity index (χ4v) is 0.900. The number of aryl methyl sites for hydroxylation is 1. The number of hydrogen-bond acceptors (Lipinski definition) is 3. The van der Waals surface area contributed by atoms with Crippen LogP contribution in [0.25, 0.3) is 0 Å². The van der Waals surface area contributed by atoms with E-state index in [1.807, 2.05) is 58.9 Å². The first-order valence-electron chi connectivity index (χ1n) is 6.17. The molecule has 0 radical (unpaired) electrons. The topological polar surface area (TPSA) is 78.1 Å². The monoisotopic (exact) mass is 249 g/mol. The Bertz CT molecular complexity index is 325.